The number of aromatic nitrogens is 4. The number of aryl methyl sites for hydroxylation is 3. The summed E-state index contributed by atoms with van der Waals surface area (Å²) in [5, 5.41) is 0.399. The zero-order valence-corrected chi connectivity index (χ0v) is 21.5. The number of rotatable bonds is 6. The smallest absolute Gasteiger partial charge is 0.337 e. The van der Waals surface area contributed by atoms with Gasteiger partial charge in [-0.2, -0.15) is 0 Å². The normalized spacial score (nSPS) is 11.4. The number of hydrogen-bond donors (Lipinski definition) is 0. The highest BCUT2D eigenvalue weighted by Crippen LogP contribution is 2.25. The molecule has 3 aromatic heterocycles. The minimum absolute atomic E-state index is 0.0301. The zero-order chi connectivity index (χ0) is 26.3. The molecular formula is C29H28N4O4. The van der Waals surface area contributed by atoms with Gasteiger partial charge in [0.25, 0.3) is 5.56 Å². The van der Waals surface area contributed by atoms with Gasteiger partial charge in [-0.05, 0) is 82.6 Å². The molecule has 0 aliphatic heterocycles. The first-order chi connectivity index (χ1) is 17.7. The third kappa shape index (κ3) is 4.58. The Hall–Kier alpha value is -4.46. The summed E-state index contributed by atoms with van der Waals surface area (Å²) in [5.41, 5.74) is 2.85. The highest BCUT2D eigenvalue weighted by molar-refractivity contribution is 5.79. The predicted octanol–water partition coefficient (Wildman–Crippen LogP) is 4.96. The molecule has 37 heavy (non-hydrogen) atoms. The molecule has 0 saturated heterocycles. The van der Waals surface area contributed by atoms with Gasteiger partial charge in [0.1, 0.15) is 17.2 Å². The summed E-state index contributed by atoms with van der Waals surface area (Å²) in [6.07, 6.45) is 0.0735. The van der Waals surface area contributed by atoms with Crippen LogP contribution >= 0.6 is 0 Å². The van der Waals surface area contributed by atoms with Crippen LogP contribution in [0.25, 0.3) is 28.2 Å². The lowest BCUT2D eigenvalue weighted by atomic mass is 10.1. The predicted molar refractivity (Wildman–Crippen MR) is 143 cm³/mol. The van der Waals surface area contributed by atoms with E-state index in [-0.39, 0.29) is 12.6 Å². The van der Waals surface area contributed by atoms with Crippen molar-refractivity contribution < 1.29 is 9.15 Å². The van der Waals surface area contributed by atoms with E-state index in [9.17, 15) is 9.59 Å². The molecule has 5 rings (SSSR count). The number of benzene rings is 2. The first kappa shape index (κ1) is 24.2. The van der Waals surface area contributed by atoms with Crippen molar-refractivity contribution in [1.29, 1.82) is 0 Å². The molecule has 5 aromatic rings. The van der Waals surface area contributed by atoms with Crippen LogP contribution in [-0.2, 0) is 6.54 Å². The fraction of sp³-hybridized carbons (Fsp3) is 0.241. The van der Waals surface area contributed by atoms with E-state index in [4.69, 9.17) is 9.15 Å². The van der Waals surface area contributed by atoms with E-state index in [2.05, 4.69) is 9.97 Å². The molecule has 0 amide bonds. The first-order valence-electron chi connectivity index (χ1n) is 12.2. The van der Waals surface area contributed by atoms with E-state index in [1.165, 1.54) is 9.13 Å². The number of para-hydroxylation sites is 1. The van der Waals surface area contributed by atoms with E-state index in [1.54, 1.807) is 6.92 Å². The average molecular weight is 497 g/mol. The molecule has 0 bridgehead atoms. The molecule has 0 aliphatic rings. The molecule has 8 heteroatoms. The van der Waals surface area contributed by atoms with E-state index in [1.807, 2.05) is 88.4 Å². The second-order valence-corrected chi connectivity index (χ2v) is 9.34. The second-order valence-electron chi connectivity index (χ2n) is 9.34. The molecule has 3 heterocycles. The molecule has 0 fully saturated rings. The standard InChI is InChI=1S/C29H28N4O4/c1-17(2)36-23-13-11-21(12-14-23)27-31-24(20(5)37-27)16-32-28(34)25-18(3)15-19(4)30-26(25)33(29(32)35)22-9-7-6-8-10-22/h6-15,17H,16H2,1-5H3. The van der Waals surface area contributed by atoms with Crippen LogP contribution < -0.4 is 16.0 Å². The van der Waals surface area contributed by atoms with E-state index >= 15 is 0 Å². The van der Waals surface area contributed by atoms with E-state index in [0.717, 1.165) is 22.6 Å². The Morgan fingerprint density at radius 2 is 1.65 bits per heavy atom. The van der Waals surface area contributed by atoms with Gasteiger partial charge in [-0.3, -0.25) is 9.36 Å². The van der Waals surface area contributed by atoms with Crippen molar-refractivity contribution in [2.45, 2.75) is 47.3 Å². The molecule has 2 aromatic carbocycles. The summed E-state index contributed by atoms with van der Waals surface area (Å²) in [4.78, 5) is 36.6. The van der Waals surface area contributed by atoms with Gasteiger partial charge in [-0.1, -0.05) is 18.2 Å². The monoisotopic (exact) mass is 496 g/mol. The number of hydrogen-bond acceptors (Lipinski definition) is 6. The molecule has 0 saturated carbocycles. The van der Waals surface area contributed by atoms with Gasteiger partial charge in [-0.25, -0.2) is 19.3 Å². The van der Waals surface area contributed by atoms with Gasteiger partial charge in [0.15, 0.2) is 5.65 Å². The SMILES string of the molecule is Cc1cc(C)c2c(=O)n(Cc3nc(-c4ccc(OC(C)C)cc4)oc3C)c(=O)n(-c3ccccc3)c2n1. The minimum atomic E-state index is -0.486. The van der Waals surface area contributed by atoms with Crippen LogP contribution in [0.2, 0.25) is 0 Å². The molecule has 0 unspecified atom stereocenters. The van der Waals surface area contributed by atoms with Crippen molar-refractivity contribution in [3.8, 4) is 22.9 Å². The second kappa shape index (κ2) is 9.54. The maximum absolute atomic E-state index is 13.8. The van der Waals surface area contributed by atoms with Crippen LogP contribution in [-0.4, -0.2) is 25.2 Å². The molecule has 0 spiro atoms. The highest BCUT2D eigenvalue weighted by Gasteiger charge is 2.20. The number of oxazole rings is 1. The average Bonchev–Trinajstić information content (AvgIpc) is 3.22. The summed E-state index contributed by atoms with van der Waals surface area (Å²) >= 11 is 0. The van der Waals surface area contributed by atoms with Crippen molar-refractivity contribution in [2.75, 3.05) is 0 Å². The first-order valence-corrected chi connectivity index (χ1v) is 12.2. The molecule has 188 valence electrons. The summed E-state index contributed by atoms with van der Waals surface area (Å²) in [6, 6.07) is 18.5. The van der Waals surface area contributed by atoms with Crippen molar-refractivity contribution in [3.63, 3.8) is 0 Å². The van der Waals surface area contributed by atoms with Gasteiger partial charge in [0.05, 0.1) is 23.7 Å². The number of pyridine rings is 1. The summed E-state index contributed by atoms with van der Waals surface area (Å²) < 4.78 is 14.3. The summed E-state index contributed by atoms with van der Waals surface area (Å²) in [7, 11) is 0. The van der Waals surface area contributed by atoms with Crippen molar-refractivity contribution in [1.82, 2.24) is 19.1 Å². The molecule has 0 aliphatic carbocycles. The molecule has 8 nitrogen and oxygen atoms in total. The molecule has 0 N–H and O–H groups in total. The Morgan fingerprint density at radius 3 is 2.32 bits per heavy atom. The quantitative estimate of drug-likeness (QED) is 0.330. The summed E-state index contributed by atoms with van der Waals surface area (Å²) in [6.45, 7) is 9.39. The van der Waals surface area contributed by atoms with Crippen LogP contribution in [0.1, 0.15) is 36.6 Å². The van der Waals surface area contributed by atoms with E-state index in [0.29, 0.717) is 34.1 Å². The number of nitrogens with zero attached hydrogens (tertiary/aromatic N) is 4. The Morgan fingerprint density at radius 1 is 0.946 bits per heavy atom. The Kier molecular flexibility index (Phi) is 6.25. The lowest BCUT2D eigenvalue weighted by molar-refractivity contribution is 0.242. The van der Waals surface area contributed by atoms with Gasteiger partial charge >= 0.3 is 5.69 Å². The van der Waals surface area contributed by atoms with Crippen molar-refractivity contribution >= 4 is 11.0 Å². The largest absolute Gasteiger partial charge is 0.491 e. The highest BCUT2D eigenvalue weighted by atomic mass is 16.5. The van der Waals surface area contributed by atoms with Crippen LogP contribution in [0.15, 0.2) is 74.7 Å². The molecule has 0 radical (unpaired) electrons. The maximum atomic E-state index is 13.8. The summed E-state index contributed by atoms with van der Waals surface area (Å²) in [5.74, 6) is 1.70. The molecular weight excluding hydrogens is 468 g/mol. The Labute approximate surface area is 213 Å². The zero-order valence-electron chi connectivity index (χ0n) is 21.5. The Balaban J connectivity index is 1.62. The fourth-order valence-corrected chi connectivity index (χ4v) is 4.42. The third-order valence-electron chi connectivity index (χ3n) is 6.11. The molecule has 0 atom stereocenters. The van der Waals surface area contributed by atoms with Gasteiger partial charge < -0.3 is 9.15 Å². The fourth-order valence-electron chi connectivity index (χ4n) is 4.42. The van der Waals surface area contributed by atoms with Gasteiger partial charge in [0.2, 0.25) is 5.89 Å². The maximum Gasteiger partial charge on any atom is 0.337 e. The third-order valence-corrected chi connectivity index (χ3v) is 6.11. The van der Waals surface area contributed by atoms with Crippen LogP contribution in [0.4, 0.5) is 0 Å². The minimum Gasteiger partial charge on any atom is -0.491 e. The van der Waals surface area contributed by atoms with Crippen LogP contribution in [0.5, 0.6) is 5.75 Å². The van der Waals surface area contributed by atoms with Crippen LogP contribution in [0, 0.1) is 20.8 Å². The van der Waals surface area contributed by atoms with Gasteiger partial charge in [0, 0.05) is 11.3 Å². The lowest BCUT2D eigenvalue weighted by Gasteiger charge is -2.15. The van der Waals surface area contributed by atoms with Crippen molar-refractivity contribution in [2.24, 2.45) is 0 Å². The topological polar surface area (TPSA) is 92.2 Å². The number of ether oxygens (including phenoxy) is 1. The van der Waals surface area contributed by atoms with Gasteiger partial charge in [-0.15, -0.1) is 0 Å². The van der Waals surface area contributed by atoms with Crippen molar-refractivity contribution in [3.05, 3.63) is 104 Å². The van der Waals surface area contributed by atoms with E-state index < -0.39 is 11.2 Å². The lowest BCUT2D eigenvalue weighted by Crippen LogP contribution is -2.40. The van der Waals surface area contributed by atoms with Crippen LogP contribution in [0.3, 0.4) is 0 Å². The Bertz CT molecular complexity index is 1710. The number of fused-ring (bicyclic) bond motifs is 1.